The van der Waals surface area contributed by atoms with E-state index < -0.39 is 36.5 Å². The zero-order chi connectivity index (χ0) is 21.7. The van der Waals surface area contributed by atoms with Crippen LogP contribution in [0.2, 0.25) is 5.02 Å². The summed E-state index contributed by atoms with van der Waals surface area (Å²) in [5.41, 5.74) is 5.38. The van der Waals surface area contributed by atoms with E-state index in [9.17, 15) is 19.2 Å². The number of hydrogen-bond acceptors (Lipinski definition) is 6. The molecule has 30 heavy (non-hydrogen) atoms. The zero-order valence-corrected chi connectivity index (χ0v) is 16.4. The minimum absolute atomic E-state index is 0.141. The topological polar surface area (TPSA) is 133 Å². The van der Waals surface area contributed by atoms with E-state index in [1.54, 1.807) is 36.4 Å². The summed E-state index contributed by atoms with van der Waals surface area (Å²) >= 11 is 5.87. The van der Waals surface area contributed by atoms with Crippen molar-refractivity contribution in [1.29, 1.82) is 0 Å². The number of rotatable bonds is 7. The standard InChI is InChI=1S/C20H17ClN4O5/c21-13-5-3-4-12(8-13)9-23-16(26)11-30-17(27)10-25-20(29)15-7-2-1-6-14(15)18(24-25)19(22)28/h1-8H,9-11H2,(H2,22,28)(H,23,26). The van der Waals surface area contributed by atoms with E-state index in [0.29, 0.717) is 10.4 Å². The Balaban J connectivity index is 1.63. The molecule has 154 valence electrons. The van der Waals surface area contributed by atoms with Crippen LogP contribution in [0.1, 0.15) is 16.1 Å². The summed E-state index contributed by atoms with van der Waals surface area (Å²) in [4.78, 5) is 48.1. The first-order valence-electron chi connectivity index (χ1n) is 8.81. The number of aromatic nitrogens is 2. The van der Waals surface area contributed by atoms with Crippen LogP contribution in [0.25, 0.3) is 10.8 Å². The second-order valence-electron chi connectivity index (χ2n) is 6.29. The van der Waals surface area contributed by atoms with Crippen molar-refractivity contribution in [2.75, 3.05) is 6.61 Å². The first-order valence-corrected chi connectivity index (χ1v) is 9.19. The van der Waals surface area contributed by atoms with Crippen LogP contribution in [0.4, 0.5) is 0 Å². The van der Waals surface area contributed by atoms with E-state index in [0.717, 1.165) is 10.2 Å². The summed E-state index contributed by atoms with van der Waals surface area (Å²) in [5, 5.41) is 7.47. The summed E-state index contributed by atoms with van der Waals surface area (Å²) in [6.07, 6.45) is 0. The van der Waals surface area contributed by atoms with Gasteiger partial charge < -0.3 is 15.8 Å². The normalized spacial score (nSPS) is 10.6. The maximum atomic E-state index is 12.5. The fraction of sp³-hybridized carbons (Fsp3) is 0.150. The second-order valence-corrected chi connectivity index (χ2v) is 6.73. The summed E-state index contributed by atoms with van der Waals surface area (Å²) in [7, 11) is 0. The average Bonchev–Trinajstić information content (AvgIpc) is 2.72. The van der Waals surface area contributed by atoms with Crippen LogP contribution in [-0.4, -0.2) is 34.2 Å². The van der Waals surface area contributed by atoms with Gasteiger partial charge in [-0.15, -0.1) is 0 Å². The van der Waals surface area contributed by atoms with Crippen molar-refractivity contribution < 1.29 is 19.1 Å². The molecule has 2 amide bonds. The molecule has 0 atom stereocenters. The number of nitrogens with two attached hydrogens (primary N) is 1. The molecule has 9 nitrogen and oxygen atoms in total. The molecule has 0 fully saturated rings. The minimum atomic E-state index is -0.867. The number of nitrogens with zero attached hydrogens (tertiary/aromatic N) is 2. The predicted octanol–water partition coefficient (Wildman–Crippen LogP) is 1.01. The molecule has 2 aromatic carbocycles. The summed E-state index contributed by atoms with van der Waals surface area (Å²) < 4.78 is 5.68. The number of carbonyl (C=O) groups excluding carboxylic acids is 3. The Morgan fingerprint density at radius 2 is 1.83 bits per heavy atom. The molecule has 0 saturated heterocycles. The monoisotopic (exact) mass is 428 g/mol. The number of ether oxygens (including phenoxy) is 1. The highest BCUT2D eigenvalue weighted by Crippen LogP contribution is 2.12. The Bertz CT molecular complexity index is 1190. The first-order chi connectivity index (χ1) is 14.3. The fourth-order valence-corrected chi connectivity index (χ4v) is 2.95. The lowest BCUT2D eigenvalue weighted by atomic mass is 10.1. The Morgan fingerprint density at radius 1 is 1.10 bits per heavy atom. The number of carbonyl (C=O) groups is 3. The lowest BCUT2D eigenvalue weighted by Crippen LogP contribution is -2.33. The van der Waals surface area contributed by atoms with Crippen molar-refractivity contribution >= 4 is 40.2 Å². The van der Waals surface area contributed by atoms with Crippen molar-refractivity contribution in [3.05, 3.63) is 75.2 Å². The van der Waals surface area contributed by atoms with Crippen molar-refractivity contribution in [3.63, 3.8) is 0 Å². The van der Waals surface area contributed by atoms with Crippen LogP contribution in [0.5, 0.6) is 0 Å². The maximum Gasteiger partial charge on any atom is 0.328 e. The molecule has 0 aliphatic carbocycles. The SMILES string of the molecule is NC(=O)c1nn(CC(=O)OCC(=O)NCc2cccc(Cl)c2)c(=O)c2ccccc12. The molecule has 3 aromatic rings. The predicted molar refractivity (Wildman–Crippen MR) is 109 cm³/mol. The molecular weight excluding hydrogens is 412 g/mol. The molecule has 0 spiro atoms. The molecule has 3 N–H and O–H groups in total. The first kappa shape index (κ1) is 21.0. The Hall–Kier alpha value is -3.72. The van der Waals surface area contributed by atoms with Crippen molar-refractivity contribution in [2.45, 2.75) is 13.1 Å². The maximum absolute atomic E-state index is 12.5. The third-order valence-electron chi connectivity index (χ3n) is 4.12. The highest BCUT2D eigenvalue weighted by Gasteiger charge is 2.17. The number of primary amides is 1. The van der Waals surface area contributed by atoms with Crippen LogP contribution in [0, 0.1) is 0 Å². The third-order valence-corrected chi connectivity index (χ3v) is 4.36. The quantitative estimate of drug-likeness (QED) is 0.539. The lowest BCUT2D eigenvalue weighted by molar-refractivity contribution is -0.149. The Morgan fingerprint density at radius 3 is 2.53 bits per heavy atom. The van der Waals surface area contributed by atoms with E-state index in [1.165, 1.54) is 12.1 Å². The highest BCUT2D eigenvalue weighted by molar-refractivity contribution is 6.30. The average molecular weight is 429 g/mol. The van der Waals surface area contributed by atoms with Crippen LogP contribution in [0.15, 0.2) is 53.3 Å². The number of hydrogen-bond donors (Lipinski definition) is 2. The van der Waals surface area contributed by atoms with Gasteiger partial charge in [0.05, 0.1) is 5.39 Å². The summed E-state index contributed by atoms with van der Waals surface area (Å²) in [6, 6.07) is 13.2. The van der Waals surface area contributed by atoms with Gasteiger partial charge in [-0.3, -0.25) is 19.2 Å². The fourth-order valence-electron chi connectivity index (χ4n) is 2.74. The largest absolute Gasteiger partial charge is 0.454 e. The number of halogens is 1. The van der Waals surface area contributed by atoms with Gasteiger partial charge in [0.25, 0.3) is 17.4 Å². The van der Waals surface area contributed by atoms with Gasteiger partial charge in [0.2, 0.25) is 0 Å². The van der Waals surface area contributed by atoms with Gasteiger partial charge in [0.1, 0.15) is 6.54 Å². The highest BCUT2D eigenvalue weighted by atomic mass is 35.5. The van der Waals surface area contributed by atoms with Crippen LogP contribution in [0.3, 0.4) is 0 Å². The molecule has 0 bridgehead atoms. The summed E-state index contributed by atoms with van der Waals surface area (Å²) in [6.45, 7) is -0.902. The van der Waals surface area contributed by atoms with E-state index in [1.807, 2.05) is 0 Å². The molecule has 1 aromatic heterocycles. The number of amides is 2. The smallest absolute Gasteiger partial charge is 0.328 e. The van der Waals surface area contributed by atoms with Crippen molar-refractivity contribution in [3.8, 4) is 0 Å². The van der Waals surface area contributed by atoms with E-state index in [4.69, 9.17) is 22.1 Å². The number of nitrogens with one attached hydrogen (secondary N) is 1. The molecule has 0 aliphatic heterocycles. The molecular formula is C20H17ClN4O5. The number of fused-ring (bicyclic) bond motifs is 1. The molecule has 0 saturated carbocycles. The van der Waals surface area contributed by atoms with Gasteiger partial charge in [-0.25, -0.2) is 4.68 Å². The molecule has 0 aliphatic rings. The van der Waals surface area contributed by atoms with Crippen molar-refractivity contribution in [1.82, 2.24) is 15.1 Å². The minimum Gasteiger partial charge on any atom is -0.454 e. The molecule has 10 heteroatoms. The summed E-state index contributed by atoms with van der Waals surface area (Å²) in [5.74, 6) is -2.23. The van der Waals surface area contributed by atoms with Gasteiger partial charge in [0, 0.05) is 17.0 Å². The van der Waals surface area contributed by atoms with Gasteiger partial charge in [0.15, 0.2) is 12.3 Å². The van der Waals surface area contributed by atoms with Gasteiger partial charge in [-0.2, -0.15) is 5.10 Å². The molecule has 3 rings (SSSR count). The molecule has 1 heterocycles. The second kappa shape index (κ2) is 9.19. The lowest BCUT2D eigenvalue weighted by Gasteiger charge is -2.10. The van der Waals surface area contributed by atoms with Gasteiger partial charge >= 0.3 is 5.97 Å². The Labute approximate surface area is 175 Å². The zero-order valence-electron chi connectivity index (χ0n) is 15.6. The molecule has 0 unspecified atom stereocenters. The van der Waals surface area contributed by atoms with E-state index in [2.05, 4.69) is 10.4 Å². The number of esters is 1. The van der Waals surface area contributed by atoms with E-state index in [-0.39, 0.29) is 17.6 Å². The van der Waals surface area contributed by atoms with Crippen LogP contribution >= 0.6 is 11.6 Å². The van der Waals surface area contributed by atoms with Gasteiger partial charge in [-0.05, 0) is 23.8 Å². The van der Waals surface area contributed by atoms with Gasteiger partial charge in [-0.1, -0.05) is 41.9 Å². The number of benzene rings is 2. The van der Waals surface area contributed by atoms with Crippen molar-refractivity contribution in [2.24, 2.45) is 5.73 Å². The van der Waals surface area contributed by atoms with Crippen LogP contribution in [-0.2, 0) is 27.4 Å². The van der Waals surface area contributed by atoms with E-state index >= 15 is 0 Å². The third kappa shape index (κ3) is 5.00. The molecule has 0 radical (unpaired) electrons. The van der Waals surface area contributed by atoms with Crippen LogP contribution < -0.4 is 16.6 Å². The Kier molecular flexibility index (Phi) is 6.43.